The van der Waals surface area contributed by atoms with Gasteiger partial charge in [-0.3, -0.25) is 9.78 Å². The number of nitrogens with zero attached hydrogens (tertiary/aromatic N) is 2. The number of ether oxygens (including phenoxy) is 1. The first-order valence-electron chi connectivity index (χ1n) is 9.40. The predicted octanol–water partition coefficient (Wildman–Crippen LogP) is 2.91. The van der Waals surface area contributed by atoms with Gasteiger partial charge in [0.05, 0.1) is 11.6 Å². The summed E-state index contributed by atoms with van der Waals surface area (Å²) in [7, 11) is 0. The molecule has 0 aliphatic carbocycles. The van der Waals surface area contributed by atoms with E-state index in [1.54, 1.807) is 11.1 Å². The van der Waals surface area contributed by atoms with E-state index in [1.807, 2.05) is 49.4 Å². The summed E-state index contributed by atoms with van der Waals surface area (Å²) in [5.74, 6) is -0.499. The number of hydrogen-bond donors (Lipinski definition) is 2. The molecule has 7 heteroatoms. The van der Waals surface area contributed by atoms with Crippen LogP contribution in [0.2, 0.25) is 0 Å². The summed E-state index contributed by atoms with van der Waals surface area (Å²) in [6.45, 7) is 3.55. The minimum absolute atomic E-state index is 0.0553. The lowest BCUT2D eigenvalue weighted by atomic mass is 9.87. The zero-order valence-corrected chi connectivity index (χ0v) is 15.9. The van der Waals surface area contributed by atoms with Crippen molar-refractivity contribution in [2.45, 2.75) is 26.5 Å². The summed E-state index contributed by atoms with van der Waals surface area (Å²) < 4.78 is 5.76. The van der Waals surface area contributed by atoms with E-state index in [4.69, 9.17) is 4.74 Å². The number of carbonyl (C=O) groups is 2. The van der Waals surface area contributed by atoms with Gasteiger partial charge in [0.15, 0.2) is 0 Å². The number of benzene rings is 1. The Morgan fingerprint density at radius 3 is 2.86 bits per heavy atom. The van der Waals surface area contributed by atoms with E-state index in [-0.39, 0.29) is 17.9 Å². The Morgan fingerprint density at radius 1 is 1.29 bits per heavy atom. The quantitative estimate of drug-likeness (QED) is 0.800. The van der Waals surface area contributed by atoms with Crippen LogP contribution in [0.5, 0.6) is 5.75 Å². The number of carbonyl (C=O) groups excluding carboxylic acids is 1. The van der Waals surface area contributed by atoms with Gasteiger partial charge in [-0.2, -0.15) is 0 Å². The molecular weight excluding hydrogens is 358 g/mol. The van der Waals surface area contributed by atoms with Crippen LogP contribution in [0.3, 0.4) is 0 Å². The number of likely N-dealkylation sites (tertiary alicyclic amines) is 1. The number of aliphatic carboxylic acids is 1. The molecule has 28 heavy (non-hydrogen) atoms. The number of nitrogens with one attached hydrogen (secondary N) is 1. The van der Waals surface area contributed by atoms with Crippen molar-refractivity contribution in [3.05, 3.63) is 59.9 Å². The lowest BCUT2D eigenvalue weighted by Gasteiger charge is -2.34. The van der Waals surface area contributed by atoms with Gasteiger partial charge >= 0.3 is 12.0 Å². The van der Waals surface area contributed by atoms with Crippen molar-refractivity contribution in [3.8, 4) is 5.75 Å². The van der Waals surface area contributed by atoms with Crippen LogP contribution in [0, 0.1) is 11.8 Å². The van der Waals surface area contributed by atoms with Crippen molar-refractivity contribution < 1.29 is 19.4 Å². The molecular formula is C21H25N3O4. The largest absolute Gasteiger partial charge is 0.487 e. The zero-order chi connectivity index (χ0) is 19.9. The summed E-state index contributed by atoms with van der Waals surface area (Å²) in [4.78, 5) is 29.5. The summed E-state index contributed by atoms with van der Waals surface area (Å²) in [5, 5.41) is 12.1. The maximum atomic E-state index is 12.4. The molecule has 3 rings (SSSR count). The average Bonchev–Trinajstić information content (AvgIpc) is 2.71. The maximum absolute atomic E-state index is 12.4. The maximum Gasteiger partial charge on any atom is 0.317 e. The van der Waals surface area contributed by atoms with Crippen LogP contribution < -0.4 is 10.1 Å². The van der Waals surface area contributed by atoms with Crippen LogP contribution in [0.25, 0.3) is 0 Å². The summed E-state index contributed by atoms with van der Waals surface area (Å²) in [6.07, 6.45) is 2.21. The van der Waals surface area contributed by atoms with E-state index < -0.39 is 5.97 Å². The first-order valence-corrected chi connectivity index (χ1v) is 9.40. The molecule has 0 saturated carbocycles. The van der Waals surface area contributed by atoms with Crippen LogP contribution in [-0.2, 0) is 17.9 Å². The molecule has 2 heterocycles. The van der Waals surface area contributed by atoms with E-state index in [9.17, 15) is 14.7 Å². The molecule has 7 nitrogen and oxygen atoms in total. The topological polar surface area (TPSA) is 91.8 Å². The molecule has 148 valence electrons. The van der Waals surface area contributed by atoms with E-state index in [2.05, 4.69) is 10.3 Å². The third kappa shape index (κ3) is 5.22. The Labute approximate surface area is 164 Å². The number of carboxylic acid groups (broad SMARTS) is 1. The third-order valence-corrected chi connectivity index (χ3v) is 4.96. The first-order chi connectivity index (χ1) is 13.5. The predicted molar refractivity (Wildman–Crippen MR) is 104 cm³/mol. The highest BCUT2D eigenvalue weighted by Crippen LogP contribution is 2.23. The molecule has 2 N–H and O–H groups in total. The normalized spacial score (nSPS) is 19.1. The minimum Gasteiger partial charge on any atom is -0.487 e. The number of amides is 2. The van der Waals surface area contributed by atoms with Gasteiger partial charge in [-0.05, 0) is 42.2 Å². The number of piperidine rings is 1. The molecule has 1 aliphatic heterocycles. The van der Waals surface area contributed by atoms with Crippen molar-refractivity contribution >= 4 is 12.0 Å². The fourth-order valence-electron chi connectivity index (χ4n) is 3.37. The molecule has 1 fully saturated rings. The van der Waals surface area contributed by atoms with Gasteiger partial charge in [-0.15, -0.1) is 0 Å². The van der Waals surface area contributed by atoms with E-state index >= 15 is 0 Å². The summed E-state index contributed by atoms with van der Waals surface area (Å²) in [5.41, 5.74) is 1.78. The molecule has 2 aromatic rings. The minimum atomic E-state index is -0.782. The standard InChI is InChI=1S/C21H25N3O4/c1-15-13-24(10-8-19(15)20(25)26)21(27)23-12-16-5-4-7-18(11-16)28-14-17-6-2-3-9-22-17/h2-7,9,11,15,19H,8,10,12-14H2,1H3,(H,23,27)(H,25,26). The number of carboxylic acids is 1. The highest BCUT2D eigenvalue weighted by molar-refractivity contribution is 5.75. The van der Waals surface area contributed by atoms with Crippen LogP contribution in [0.1, 0.15) is 24.6 Å². The third-order valence-electron chi connectivity index (χ3n) is 4.96. The highest BCUT2D eigenvalue weighted by atomic mass is 16.5. The van der Waals surface area contributed by atoms with Gasteiger partial charge in [0.25, 0.3) is 0 Å². The molecule has 0 bridgehead atoms. The van der Waals surface area contributed by atoms with Gasteiger partial charge < -0.3 is 20.1 Å². The second-order valence-electron chi connectivity index (χ2n) is 7.07. The summed E-state index contributed by atoms with van der Waals surface area (Å²) >= 11 is 0. The van der Waals surface area contributed by atoms with Gasteiger partial charge in [-0.25, -0.2) is 4.79 Å². The SMILES string of the molecule is CC1CN(C(=O)NCc2cccc(OCc3ccccn3)c2)CCC1C(=O)O. The first kappa shape index (κ1) is 19.7. The van der Waals surface area contributed by atoms with E-state index in [0.717, 1.165) is 11.3 Å². The average molecular weight is 383 g/mol. The Kier molecular flexibility index (Phi) is 6.47. The molecule has 2 amide bonds. The van der Waals surface area contributed by atoms with Gasteiger partial charge in [0.2, 0.25) is 0 Å². The number of rotatable bonds is 6. The highest BCUT2D eigenvalue weighted by Gasteiger charge is 2.32. The monoisotopic (exact) mass is 383 g/mol. The number of urea groups is 1. The Morgan fingerprint density at radius 2 is 2.14 bits per heavy atom. The number of pyridine rings is 1. The lowest BCUT2D eigenvalue weighted by molar-refractivity contribution is -0.145. The molecule has 1 aliphatic rings. The molecule has 1 aromatic heterocycles. The Balaban J connectivity index is 1.49. The molecule has 0 spiro atoms. The Bertz CT molecular complexity index is 812. The van der Waals surface area contributed by atoms with Crippen molar-refractivity contribution in [2.24, 2.45) is 11.8 Å². The molecule has 1 saturated heterocycles. The molecule has 0 radical (unpaired) electrons. The van der Waals surface area contributed by atoms with E-state index in [0.29, 0.717) is 38.4 Å². The smallest absolute Gasteiger partial charge is 0.317 e. The van der Waals surface area contributed by atoms with Crippen LogP contribution in [0.15, 0.2) is 48.7 Å². The van der Waals surface area contributed by atoms with Crippen molar-refractivity contribution in [1.82, 2.24) is 15.2 Å². The number of aromatic nitrogens is 1. The van der Waals surface area contributed by atoms with Crippen LogP contribution in [0.4, 0.5) is 4.79 Å². The van der Waals surface area contributed by atoms with Crippen LogP contribution in [-0.4, -0.2) is 40.1 Å². The summed E-state index contributed by atoms with van der Waals surface area (Å²) in [6, 6.07) is 13.1. The van der Waals surface area contributed by atoms with Crippen molar-refractivity contribution in [2.75, 3.05) is 13.1 Å². The molecule has 2 unspecified atom stereocenters. The van der Waals surface area contributed by atoms with Crippen molar-refractivity contribution in [3.63, 3.8) is 0 Å². The fourth-order valence-corrected chi connectivity index (χ4v) is 3.37. The van der Waals surface area contributed by atoms with Crippen LogP contribution >= 0.6 is 0 Å². The van der Waals surface area contributed by atoms with E-state index in [1.165, 1.54) is 0 Å². The second kappa shape index (κ2) is 9.21. The number of hydrogen-bond acceptors (Lipinski definition) is 4. The lowest BCUT2D eigenvalue weighted by Crippen LogP contribution is -2.48. The van der Waals surface area contributed by atoms with Gasteiger partial charge in [0.1, 0.15) is 12.4 Å². The molecule has 2 atom stereocenters. The fraction of sp³-hybridized carbons (Fsp3) is 0.381. The van der Waals surface area contributed by atoms with Crippen molar-refractivity contribution in [1.29, 1.82) is 0 Å². The zero-order valence-electron chi connectivity index (χ0n) is 15.9. The van der Waals surface area contributed by atoms with Gasteiger partial charge in [-0.1, -0.05) is 25.1 Å². The second-order valence-corrected chi connectivity index (χ2v) is 7.07. The Hall–Kier alpha value is -3.09. The molecule has 1 aromatic carbocycles. The van der Waals surface area contributed by atoms with Gasteiger partial charge in [0, 0.05) is 25.8 Å².